The molecule has 0 aliphatic heterocycles. The molecule has 0 amide bonds. The highest BCUT2D eigenvalue weighted by molar-refractivity contribution is 8.00. The van der Waals surface area contributed by atoms with Crippen LogP contribution in [0.2, 0.25) is 0 Å². The van der Waals surface area contributed by atoms with E-state index in [1.165, 1.54) is 30.3 Å². The largest absolute Gasteiger partial charge is 0.465 e. The first-order chi connectivity index (χ1) is 13.7. The first-order valence-corrected chi connectivity index (χ1v) is 9.88. The highest BCUT2D eigenvalue weighted by Gasteiger charge is 2.36. The molecule has 0 saturated heterocycles. The molecule has 154 valence electrons. The molecule has 0 atom stereocenters. The normalized spacial score (nSPS) is 11.4. The molecule has 0 bridgehead atoms. The zero-order valence-corrected chi connectivity index (χ0v) is 16.4. The lowest BCUT2D eigenvalue weighted by molar-refractivity contribution is -0.140. The number of benzene rings is 1. The van der Waals surface area contributed by atoms with Gasteiger partial charge in [0, 0.05) is 10.5 Å². The molecule has 0 N–H and O–H groups in total. The standard InChI is InChI=1S/C18H13F5N2O2S2/c1-2-27-15(26)9-28-16-12(8-24)13(18(21,22)23)7-14(25-16)10-3-5-11(6-4-10)29-17(19)20/h3-7,17H,2,9H2,1H3. The Morgan fingerprint density at radius 1 is 1.28 bits per heavy atom. The monoisotopic (exact) mass is 448 g/mol. The van der Waals surface area contributed by atoms with Gasteiger partial charge >= 0.3 is 12.1 Å². The Balaban J connectivity index is 2.48. The van der Waals surface area contributed by atoms with Crippen molar-refractivity contribution in [2.45, 2.75) is 28.8 Å². The second-order valence-electron chi connectivity index (χ2n) is 5.34. The van der Waals surface area contributed by atoms with Gasteiger partial charge in [0.05, 0.1) is 29.2 Å². The van der Waals surface area contributed by atoms with Crippen molar-refractivity contribution in [3.8, 4) is 17.3 Å². The summed E-state index contributed by atoms with van der Waals surface area (Å²) in [7, 11) is 0. The Morgan fingerprint density at radius 3 is 2.45 bits per heavy atom. The topological polar surface area (TPSA) is 63.0 Å². The third-order valence-corrected chi connectivity index (χ3v) is 5.08. The third kappa shape index (κ3) is 6.33. The molecule has 1 aromatic carbocycles. The van der Waals surface area contributed by atoms with Crippen molar-refractivity contribution in [1.29, 1.82) is 5.26 Å². The van der Waals surface area contributed by atoms with Gasteiger partial charge in [0.1, 0.15) is 11.1 Å². The van der Waals surface area contributed by atoms with Crippen LogP contribution < -0.4 is 0 Å². The van der Waals surface area contributed by atoms with Gasteiger partial charge in [-0.15, -0.1) is 0 Å². The van der Waals surface area contributed by atoms with E-state index in [9.17, 15) is 32.0 Å². The molecule has 0 unspecified atom stereocenters. The van der Waals surface area contributed by atoms with Crippen molar-refractivity contribution in [3.63, 3.8) is 0 Å². The molecule has 4 nitrogen and oxygen atoms in total. The smallest absolute Gasteiger partial charge is 0.417 e. The van der Waals surface area contributed by atoms with Crippen molar-refractivity contribution >= 4 is 29.5 Å². The van der Waals surface area contributed by atoms with Gasteiger partial charge < -0.3 is 4.74 Å². The predicted octanol–water partition coefficient (Wildman–Crippen LogP) is 5.61. The summed E-state index contributed by atoms with van der Waals surface area (Å²) in [5, 5.41) is 8.95. The Kier molecular flexibility index (Phi) is 7.87. The lowest BCUT2D eigenvalue weighted by Crippen LogP contribution is -2.12. The fourth-order valence-electron chi connectivity index (χ4n) is 2.24. The minimum Gasteiger partial charge on any atom is -0.465 e. The maximum atomic E-state index is 13.5. The van der Waals surface area contributed by atoms with Crippen molar-refractivity contribution in [3.05, 3.63) is 41.5 Å². The number of nitrogens with zero attached hydrogens (tertiary/aromatic N) is 2. The SMILES string of the molecule is CCOC(=O)CSc1nc(-c2ccc(SC(F)F)cc2)cc(C(F)(F)F)c1C#N. The number of alkyl halides is 5. The summed E-state index contributed by atoms with van der Waals surface area (Å²) in [6.45, 7) is 1.69. The van der Waals surface area contributed by atoms with E-state index in [0.29, 0.717) is 23.5 Å². The fourth-order valence-corrected chi connectivity index (χ4v) is 3.54. The van der Waals surface area contributed by atoms with Crippen molar-refractivity contribution < 1.29 is 31.5 Å². The molecular formula is C18H13F5N2O2S2. The number of ether oxygens (including phenoxy) is 1. The molecule has 2 rings (SSSR count). The van der Waals surface area contributed by atoms with Gasteiger partial charge in [-0.25, -0.2) is 4.98 Å². The quantitative estimate of drug-likeness (QED) is 0.312. The van der Waals surface area contributed by atoms with E-state index in [2.05, 4.69) is 4.98 Å². The first kappa shape index (κ1) is 23.0. The maximum Gasteiger partial charge on any atom is 0.417 e. The van der Waals surface area contributed by atoms with Gasteiger partial charge in [-0.3, -0.25) is 4.79 Å². The van der Waals surface area contributed by atoms with E-state index in [1.807, 2.05) is 0 Å². The van der Waals surface area contributed by atoms with Gasteiger partial charge in [0.25, 0.3) is 5.76 Å². The number of esters is 1. The average Bonchev–Trinajstić information content (AvgIpc) is 2.65. The van der Waals surface area contributed by atoms with Crippen LogP contribution in [-0.2, 0) is 15.7 Å². The number of carbonyl (C=O) groups is 1. The number of rotatable bonds is 7. The summed E-state index contributed by atoms with van der Waals surface area (Å²) in [6, 6.07) is 7.61. The summed E-state index contributed by atoms with van der Waals surface area (Å²) in [5.41, 5.74) is -1.74. The van der Waals surface area contributed by atoms with Crippen LogP contribution in [0, 0.1) is 11.3 Å². The molecule has 29 heavy (non-hydrogen) atoms. The van der Waals surface area contributed by atoms with E-state index in [-0.39, 0.29) is 33.5 Å². The Bertz CT molecular complexity index is 912. The summed E-state index contributed by atoms with van der Waals surface area (Å²) in [5.74, 6) is -3.60. The molecule has 0 fully saturated rings. The Morgan fingerprint density at radius 2 is 1.93 bits per heavy atom. The number of halogens is 5. The van der Waals surface area contributed by atoms with Gasteiger partial charge in [-0.05, 0) is 25.1 Å². The summed E-state index contributed by atoms with van der Waals surface area (Å²) < 4.78 is 70.0. The summed E-state index contributed by atoms with van der Waals surface area (Å²) in [4.78, 5) is 15.9. The second-order valence-corrected chi connectivity index (χ2v) is 7.37. The summed E-state index contributed by atoms with van der Waals surface area (Å²) >= 11 is 0.962. The van der Waals surface area contributed by atoms with Crippen molar-refractivity contribution in [1.82, 2.24) is 4.98 Å². The van der Waals surface area contributed by atoms with Gasteiger partial charge in [0.2, 0.25) is 0 Å². The zero-order valence-electron chi connectivity index (χ0n) is 14.8. The Labute approximate surface area is 171 Å². The van der Waals surface area contributed by atoms with E-state index in [4.69, 9.17) is 4.74 Å². The predicted molar refractivity (Wildman–Crippen MR) is 98.6 cm³/mol. The number of carbonyl (C=O) groups excluding carboxylic acids is 1. The molecule has 0 saturated carbocycles. The average molecular weight is 448 g/mol. The molecule has 1 aromatic heterocycles. The molecule has 0 aliphatic rings. The molecular weight excluding hydrogens is 435 g/mol. The van der Waals surface area contributed by atoms with E-state index in [0.717, 1.165) is 6.07 Å². The maximum absolute atomic E-state index is 13.5. The number of aromatic nitrogens is 1. The van der Waals surface area contributed by atoms with Gasteiger partial charge in [-0.2, -0.15) is 27.2 Å². The van der Waals surface area contributed by atoms with Gasteiger partial charge in [0.15, 0.2) is 0 Å². The van der Waals surface area contributed by atoms with Crippen molar-refractivity contribution in [2.75, 3.05) is 12.4 Å². The van der Waals surface area contributed by atoms with Crippen LogP contribution in [0.4, 0.5) is 22.0 Å². The molecule has 0 aliphatic carbocycles. The molecule has 1 heterocycles. The van der Waals surface area contributed by atoms with E-state index in [1.54, 1.807) is 6.92 Å². The molecule has 0 spiro atoms. The lowest BCUT2D eigenvalue weighted by Gasteiger charge is -2.14. The second kappa shape index (κ2) is 9.93. The van der Waals surface area contributed by atoms with E-state index >= 15 is 0 Å². The number of nitriles is 1. The van der Waals surface area contributed by atoms with Crippen LogP contribution in [0.25, 0.3) is 11.3 Å². The molecule has 0 radical (unpaired) electrons. The highest BCUT2D eigenvalue weighted by Crippen LogP contribution is 2.38. The van der Waals surface area contributed by atoms with Crippen molar-refractivity contribution in [2.24, 2.45) is 0 Å². The lowest BCUT2D eigenvalue weighted by atomic mass is 10.1. The number of pyridine rings is 1. The highest BCUT2D eigenvalue weighted by atomic mass is 32.2. The Hall–Kier alpha value is -2.32. The molecule has 2 aromatic rings. The van der Waals surface area contributed by atoms with E-state index < -0.39 is 29.0 Å². The number of hydrogen-bond donors (Lipinski definition) is 0. The first-order valence-electron chi connectivity index (χ1n) is 8.01. The minimum atomic E-state index is -4.83. The van der Waals surface area contributed by atoms with Crippen LogP contribution in [0.5, 0.6) is 0 Å². The zero-order chi connectivity index (χ0) is 21.6. The van der Waals surface area contributed by atoms with Gasteiger partial charge in [-0.1, -0.05) is 35.7 Å². The minimum absolute atomic E-state index is 0.101. The number of thioether (sulfide) groups is 2. The fraction of sp³-hybridized carbons (Fsp3) is 0.278. The van der Waals surface area contributed by atoms with Crippen LogP contribution >= 0.6 is 23.5 Å². The van der Waals surface area contributed by atoms with Crippen LogP contribution in [0.1, 0.15) is 18.1 Å². The van der Waals surface area contributed by atoms with Crippen LogP contribution in [0.15, 0.2) is 40.3 Å². The van der Waals surface area contributed by atoms with Crippen LogP contribution in [-0.4, -0.2) is 29.1 Å². The summed E-state index contributed by atoms with van der Waals surface area (Å²) in [6.07, 6.45) is -4.83. The third-order valence-electron chi connectivity index (χ3n) is 3.41. The van der Waals surface area contributed by atoms with Crippen LogP contribution in [0.3, 0.4) is 0 Å². The number of hydrogen-bond acceptors (Lipinski definition) is 6. The molecule has 11 heteroatoms.